The molecule has 9 heteroatoms. The average Bonchev–Trinajstić information content (AvgIpc) is 3.09. The zero-order chi connectivity index (χ0) is 14.5. The van der Waals surface area contributed by atoms with Gasteiger partial charge in [-0.15, -0.1) is 0 Å². The number of rotatable bonds is 6. The van der Waals surface area contributed by atoms with Gasteiger partial charge in [-0.1, -0.05) is 0 Å². The van der Waals surface area contributed by atoms with Crippen LogP contribution in [0.5, 0.6) is 0 Å². The van der Waals surface area contributed by atoms with E-state index in [9.17, 15) is 9.59 Å². The molecule has 2 heterocycles. The van der Waals surface area contributed by atoms with E-state index < -0.39 is 24.0 Å². The first-order valence-corrected chi connectivity index (χ1v) is 5.92. The minimum atomic E-state index is -1.11. The zero-order valence-corrected chi connectivity index (χ0v) is 10.7. The Morgan fingerprint density at radius 1 is 1.50 bits per heavy atom. The van der Waals surface area contributed by atoms with E-state index in [1.54, 1.807) is 6.92 Å². The normalized spacial score (nSPS) is 13.7. The number of hydrogen-bond acceptors (Lipinski definition) is 5. The average molecular weight is 278 g/mol. The summed E-state index contributed by atoms with van der Waals surface area (Å²) in [5, 5.41) is 15.5. The van der Waals surface area contributed by atoms with Gasteiger partial charge in [-0.25, -0.2) is 19.4 Å². The first-order valence-electron chi connectivity index (χ1n) is 5.92. The number of aromatic amines is 1. The Balaban J connectivity index is 2.01. The number of aromatic nitrogens is 5. The smallest absolute Gasteiger partial charge is 0.326 e. The Morgan fingerprint density at radius 2 is 2.30 bits per heavy atom. The third kappa shape index (κ3) is 3.19. The molecule has 2 atom stereocenters. The van der Waals surface area contributed by atoms with Gasteiger partial charge in [0.25, 0.3) is 0 Å². The van der Waals surface area contributed by atoms with Gasteiger partial charge in [0, 0.05) is 18.3 Å². The summed E-state index contributed by atoms with van der Waals surface area (Å²) in [6, 6.07) is -1.67. The number of nitrogens with one attached hydrogen (secondary N) is 2. The molecule has 0 aliphatic heterocycles. The van der Waals surface area contributed by atoms with Gasteiger partial charge in [0.1, 0.15) is 24.7 Å². The number of hydrogen-bond donors (Lipinski definition) is 3. The highest BCUT2D eigenvalue weighted by molar-refractivity contribution is 5.85. The summed E-state index contributed by atoms with van der Waals surface area (Å²) in [6.45, 7) is 1.61. The molecule has 0 spiro atoms. The molecule has 0 fully saturated rings. The van der Waals surface area contributed by atoms with Crippen LogP contribution >= 0.6 is 0 Å². The lowest BCUT2D eigenvalue weighted by Crippen LogP contribution is -2.45. The number of amides is 1. The second-order valence-corrected chi connectivity index (χ2v) is 4.23. The van der Waals surface area contributed by atoms with E-state index in [0.29, 0.717) is 5.69 Å². The zero-order valence-electron chi connectivity index (χ0n) is 10.7. The van der Waals surface area contributed by atoms with Crippen LogP contribution in [0.15, 0.2) is 25.2 Å². The summed E-state index contributed by atoms with van der Waals surface area (Å²) in [4.78, 5) is 33.5. The summed E-state index contributed by atoms with van der Waals surface area (Å²) in [5.41, 5.74) is 0.631. The number of aliphatic carboxylic acids is 1. The Bertz CT molecular complexity index is 565. The van der Waals surface area contributed by atoms with Crippen molar-refractivity contribution < 1.29 is 14.7 Å². The number of imidazole rings is 1. The van der Waals surface area contributed by atoms with Crippen molar-refractivity contribution in [1.82, 2.24) is 30.0 Å². The van der Waals surface area contributed by atoms with E-state index in [1.165, 1.54) is 29.9 Å². The maximum atomic E-state index is 12.0. The lowest BCUT2D eigenvalue weighted by molar-refractivity contribution is -0.142. The van der Waals surface area contributed by atoms with Crippen LogP contribution in [0.2, 0.25) is 0 Å². The third-order valence-electron chi connectivity index (χ3n) is 2.81. The molecule has 0 bridgehead atoms. The fourth-order valence-corrected chi connectivity index (χ4v) is 1.65. The molecule has 1 unspecified atom stereocenters. The maximum absolute atomic E-state index is 12.0. The molecule has 20 heavy (non-hydrogen) atoms. The van der Waals surface area contributed by atoms with Crippen molar-refractivity contribution in [1.29, 1.82) is 0 Å². The molecule has 0 radical (unpaired) electrons. The van der Waals surface area contributed by atoms with Crippen molar-refractivity contribution in [2.45, 2.75) is 25.4 Å². The lowest BCUT2D eigenvalue weighted by Gasteiger charge is -2.17. The van der Waals surface area contributed by atoms with Crippen molar-refractivity contribution in [2.75, 3.05) is 0 Å². The van der Waals surface area contributed by atoms with Crippen LogP contribution in [0.3, 0.4) is 0 Å². The quantitative estimate of drug-likeness (QED) is 0.646. The first-order chi connectivity index (χ1) is 9.58. The molecule has 3 N–H and O–H groups in total. The number of carboxylic acid groups (broad SMARTS) is 1. The van der Waals surface area contributed by atoms with Crippen LogP contribution in [0.25, 0.3) is 0 Å². The molecule has 2 aromatic heterocycles. The maximum Gasteiger partial charge on any atom is 0.326 e. The number of H-pyrrole nitrogens is 1. The molecule has 0 saturated carbocycles. The first kappa shape index (κ1) is 13.7. The van der Waals surface area contributed by atoms with Crippen LogP contribution in [-0.2, 0) is 16.0 Å². The van der Waals surface area contributed by atoms with Gasteiger partial charge in [0.15, 0.2) is 0 Å². The molecule has 1 amide bonds. The highest BCUT2D eigenvalue weighted by atomic mass is 16.4. The molecule has 0 aromatic carbocycles. The standard InChI is InChI=1S/C11H14N6O3/c1-7(17-6-13-5-15-17)10(18)16-9(11(19)20)2-8-3-12-4-14-8/h3-7,9H,2H2,1H3,(H,12,14)(H,16,18)(H,19,20)/t7?,9-/m1/s1. The van der Waals surface area contributed by atoms with Gasteiger partial charge < -0.3 is 15.4 Å². The van der Waals surface area contributed by atoms with Crippen molar-refractivity contribution >= 4 is 11.9 Å². The van der Waals surface area contributed by atoms with Crippen molar-refractivity contribution in [3.63, 3.8) is 0 Å². The van der Waals surface area contributed by atoms with E-state index in [0.717, 1.165) is 0 Å². The van der Waals surface area contributed by atoms with Crippen LogP contribution in [-0.4, -0.2) is 47.8 Å². The highest BCUT2D eigenvalue weighted by Crippen LogP contribution is 2.05. The molecule has 9 nitrogen and oxygen atoms in total. The van der Waals surface area contributed by atoms with Crippen LogP contribution in [0, 0.1) is 0 Å². The van der Waals surface area contributed by atoms with Gasteiger partial charge in [-0.2, -0.15) is 5.10 Å². The fraction of sp³-hybridized carbons (Fsp3) is 0.364. The molecule has 2 rings (SSSR count). The third-order valence-corrected chi connectivity index (χ3v) is 2.81. The molecule has 0 saturated heterocycles. The van der Waals surface area contributed by atoms with Gasteiger partial charge in [0.2, 0.25) is 5.91 Å². The van der Waals surface area contributed by atoms with E-state index in [1.807, 2.05) is 0 Å². The van der Waals surface area contributed by atoms with Crippen molar-refractivity contribution in [2.24, 2.45) is 0 Å². The Kier molecular flexibility index (Phi) is 4.08. The number of nitrogens with zero attached hydrogens (tertiary/aromatic N) is 4. The number of carbonyl (C=O) groups is 2. The minimum Gasteiger partial charge on any atom is -0.480 e. The fourth-order valence-electron chi connectivity index (χ4n) is 1.65. The molecule has 0 aliphatic rings. The van der Waals surface area contributed by atoms with Crippen LogP contribution in [0.1, 0.15) is 18.7 Å². The topological polar surface area (TPSA) is 126 Å². The minimum absolute atomic E-state index is 0.130. The van der Waals surface area contributed by atoms with E-state index >= 15 is 0 Å². The summed E-state index contributed by atoms with van der Waals surface area (Å²) in [7, 11) is 0. The monoisotopic (exact) mass is 278 g/mol. The number of carbonyl (C=O) groups excluding carboxylic acids is 1. The van der Waals surface area contributed by atoms with Crippen molar-refractivity contribution in [3.05, 3.63) is 30.9 Å². The molecular weight excluding hydrogens is 264 g/mol. The van der Waals surface area contributed by atoms with Crippen molar-refractivity contribution in [3.8, 4) is 0 Å². The van der Waals surface area contributed by atoms with Gasteiger partial charge in [-0.3, -0.25) is 4.79 Å². The Morgan fingerprint density at radius 3 is 2.85 bits per heavy atom. The second-order valence-electron chi connectivity index (χ2n) is 4.23. The van der Waals surface area contributed by atoms with E-state index in [-0.39, 0.29) is 6.42 Å². The largest absolute Gasteiger partial charge is 0.480 e. The predicted molar refractivity (Wildman–Crippen MR) is 66.6 cm³/mol. The molecule has 2 aromatic rings. The summed E-state index contributed by atoms with van der Waals surface area (Å²) in [5.74, 6) is -1.55. The summed E-state index contributed by atoms with van der Waals surface area (Å²) < 4.78 is 1.35. The van der Waals surface area contributed by atoms with Gasteiger partial charge in [-0.05, 0) is 6.92 Å². The molecule has 106 valence electrons. The van der Waals surface area contributed by atoms with Gasteiger partial charge in [0.05, 0.1) is 6.33 Å². The highest BCUT2D eigenvalue weighted by Gasteiger charge is 2.24. The van der Waals surface area contributed by atoms with Crippen LogP contribution < -0.4 is 5.32 Å². The van der Waals surface area contributed by atoms with Crippen LogP contribution in [0.4, 0.5) is 0 Å². The molecule has 0 aliphatic carbocycles. The SMILES string of the molecule is CC(C(=O)N[C@H](Cc1cnc[nH]1)C(=O)O)n1cncn1. The molecular formula is C11H14N6O3. The summed E-state index contributed by atoms with van der Waals surface area (Å²) >= 11 is 0. The Hall–Kier alpha value is -2.71. The number of carboxylic acids is 1. The second kappa shape index (κ2) is 5.95. The summed E-state index contributed by atoms with van der Waals surface area (Å²) in [6.07, 6.45) is 5.81. The van der Waals surface area contributed by atoms with Gasteiger partial charge >= 0.3 is 5.97 Å². The van der Waals surface area contributed by atoms with E-state index in [2.05, 4.69) is 25.4 Å². The lowest BCUT2D eigenvalue weighted by atomic mass is 10.1. The Labute approximate surface area is 114 Å². The van der Waals surface area contributed by atoms with E-state index in [4.69, 9.17) is 5.11 Å². The predicted octanol–water partition coefficient (Wildman–Crippen LogP) is -0.626.